The minimum atomic E-state index is 0.679. The summed E-state index contributed by atoms with van der Waals surface area (Å²) in [6.45, 7) is 0. The van der Waals surface area contributed by atoms with Crippen molar-refractivity contribution < 1.29 is 0 Å². The van der Waals surface area contributed by atoms with E-state index in [0.29, 0.717) is 6.04 Å². The highest BCUT2D eigenvalue weighted by Gasteiger charge is 2.18. The average molecular weight is 232 g/mol. The number of aromatic nitrogens is 1. The fraction of sp³-hybridized carbons (Fsp3) is 0.667. The summed E-state index contributed by atoms with van der Waals surface area (Å²) >= 11 is 0. The molecule has 17 heavy (non-hydrogen) atoms. The molecule has 0 aliphatic heterocycles. The lowest BCUT2D eigenvalue weighted by Gasteiger charge is -2.19. The standard InChI is InChI=1S/C15H24N2/c1-16-15(11-13-5-2-3-6-13)9-8-14-7-4-10-17-12-14/h4,7,10,12-13,15-16H,2-3,5-6,8-9,11H2,1H3. The van der Waals surface area contributed by atoms with E-state index in [0.717, 1.165) is 12.3 Å². The SMILES string of the molecule is CNC(CCc1cccnc1)CC1CCCC1. The minimum absolute atomic E-state index is 0.679. The van der Waals surface area contributed by atoms with Crippen LogP contribution in [0.4, 0.5) is 0 Å². The molecule has 0 aromatic carbocycles. The smallest absolute Gasteiger partial charge is 0.0299 e. The molecule has 1 fully saturated rings. The molecule has 1 unspecified atom stereocenters. The highest BCUT2D eigenvalue weighted by molar-refractivity contribution is 5.08. The zero-order valence-electron chi connectivity index (χ0n) is 10.9. The second kappa shape index (κ2) is 6.75. The van der Waals surface area contributed by atoms with Gasteiger partial charge in [0.1, 0.15) is 0 Å². The van der Waals surface area contributed by atoms with Gasteiger partial charge < -0.3 is 5.32 Å². The van der Waals surface area contributed by atoms with E-state index in [1.807, 2.05) is 18.5 Å². The molecule has 1 heterocycles. The molecule has 1 aromatic rings. The molecule has 0 saturated heterocycles. The number of hydrogen-bond acceptors (Lipinski definition) is 2. The van der Waals surface area contributed by atoms with Crippen molar-refractivity contribution >= 4 is 0 Å². The van der Waals surface area contributed by atoms with E-state index in [1.165, 1.54) is 44.1 Å². The fourth-order valence-corrected chi connectivity index (χ4v) is 2.92. The van der Waals surface area contributed by atoms with Crippen molar-refractivity contribution in [3.8, 4) is 0 Å². The highest BCUT2D eigenvalue weighted by atomic mass is 14.9. The van der Waals surface area contributed by atoms with Crippen LogP contribution in [0.1, 0.15) is 44.1 Å². The second-order valence-corrected chi connectivity index (χ2v) is 5.27. The van der Waals surface area contributed by atoms with Crippen LogP contribution in [0.5, 0.6) is 0 Å². The van der Waals surface area contributed by atoms with Gasteiger partial charge in [0, 0.05) is 18.4 Å². The Labute approximate surface area is 105 Å². The largest absolute Gasteiger partial charge is 0.317 e. The van der Waals surface area contributed by atoms with Crippen molar-refractivity contribution in [2.75, 3.05) is 7.05 Å². The second-order valence-electron chi connectivity index (χ2n) is 5.27. The lowest BCUT2D eigenvalue weighted by atomic mass is 9.94. The maximum absolute atomic E-state index is 4.17. The predicted octanol–water partition coefficient (Wildman–Crippen LogP) is 3.18. The molecule has 2 heteroatoms. The summed E-state index contributed by atoms with van der Waals surface area (Å²) in [7, 11) is 2.10. The molecule has 1 aromatic heterocycles. The van der Waals surface area contributed by atoms with Crippen LogP contribution in [-0.4, -0.2) is 18.1 Å². The first kappa shape index (κ1) is 12.6. The van der Waals surface area contributed by atoms with Crippen molar-refractivity contribution in [3.05, 3.63) is 30.1 Å². The molecule has 1 atom stereocenters. The summed E-state index contributed by atoms with van der Waals surface area (Å²) in [6, 6.07) is 4.88. The van der Waals surface area contributed by atoms with E-state index in [2.05, 4.69) is 23.4 Å². The first-order valence-corrected chi connectivity index (χ1v) is 6.94. The first-order chi connectivity index (χ1) is 8.38. The molecule has 0 bridgehead atoms. The third-order valence-corrected chi connectivity index (χ3v) is 4.01. The number of nitrogens with zero attached hydrogens (tertiary/aromatic N) is 1. The van der Waals surface area contributed by atoms with Crippen molar-refractivity contribution in [1.29, 1.82) is 0 Å². The summed E-state index contributed by atoms with van der Waals surface area (Å²) < 4.78 is 0. The normalized spacial score (nSPS) is 18.4. The monoisotopic (exact) mass is 232 g/mol. The minimum Gasteiger partial charge on any atom is -0.317 e. The van der Waals surface area contributed by atoms with Gasteiger partial charge in [0.2, 0.25) is 0 Å². The highest BCUT2D eigenvalue weighted by Crippen LogP contribution is 2.29. The zero-order valence-corrected chi connectivity index (χ0v) is 10.9. The molecule has 1 saturated carbocycles. The van der Waals surface area contributed by atoms with E-state index < -0.39 is 0 Å². The number of aryl methyl sites for hydroxylation is 1. The lowest BCUT2D eigenvalue weighted by Crippen LogP contribution is -2.28. The summed E-state index contributed by atoms with van der Waals surface area (Å²) in [5.41, 5.74) is 1.36. The lowest BCUT2D eigenvalue weighted by molar-refractivity contribution is 0.388. The molecule has 1 aliphatic rings. The Bertz CT molecular complexity index is 304. The molecule has 1 N–H and O–H groups in total. The molecule has 0 amide bonds. The Morgan fingerprint density at radius 2 is 2.24 bits per heavy atom. The first-order valence-electron chi connectivity index (χ1n) is 6.94. The van der Waals surface area contributed by atoms with Crippen LogP contribution in [0, 0.1) is 5.92 Å². The van der Waals surface area contributed by atoms with Crippen molar-refractivity contribution in [3.63, 3.8) is 0 Å². The molecule has 94 valence electrons. The quantitative estimate of drug-likeness (QED) is 0.815. The van der Waals surface area contributed by atoms with Crippen LogP contribution < -0.4 is 5.32 Å². The Balaban J connectivity index is 1.75. The van der Waals surface area contributed by atoms with Gasteiger partial charge in [-0.15, -0.1) is 0 Å². The Kier molecular flexibility index (Phi) is 4.99. The van der Waals surface area contributed by atoms with Gasteiger partial charge in [-0.1, -0.05) is 31.7 Å². The topological polar surface area (TPSA) is 24.9 Å². The summed E-state index contributed by atoms with van der Waals surface area (Å²) in [4.78, 5) is 4.17. The van der Waals surface area contributed by atoms with E-state index in [-0.39, 0.29) is 0 Å². The van der Waals surface area contributed by atoms with Gasteiger partial charge in [-0.25, -0.2) is 0 Å². The summed E-state index contributed by atoms with van der Waals surface area (Å²) in [5.74, 6) is 0.973. The van der Waals surface area contributed by atoms with Gasteiger partial charge in [-0.2, -0.15) is 0 Å². The molecule has 2 rings (SSSR count). The zero-order chi connectivity index (χ0) is 11.9. The number of nitrogens with one attached hydrogen (secondary N) is 1. The van der Waals surface area contributed by atoms with Crippen LogP contribution in [0.15, 0.2) is 24.5 Å². The third kappa shape index (κ3) is 4.12. The van der Waals surface area contributed by atoms with Gasteiger partial charge >= 0.3 is 0 Å². The Hall–Kier alpha value is -0.890. The van der Waals surface area contributed by atoms with Gasteiger partial charge in [-0.05, 0) is 43.9 Å². The summed E-state index contributed by atoms with van der Waals surface area (Å²) in [6.07, 6.45) is 13.4. The predicted molar refractivity (Wildman–Crippen MR) is 72.0 cm³/mol. The fourth-order valence-electron chi connectivity index (χ4n) is 2.92. The Morgan fingerprint density at radius 1 is 1.41 bits per heavy atom. The van der Waals surface area contributed by atoms with Crippen LogP contribution in [0.2, 0.25) is 0 Å². The van der Waals surface area contributed by atoms with Crippen LogP contribution in [0.25, 0.3) is 0 Å². The maximum Gasteiger partial charge on any atom is 0.0299 e. The van der Waals surface area contributed by atoms with Crippen LogP contribution >= 0.6 is 0 Å². The average Bonchev–Trinajstić information content (AvgIpc) is 2.88. The van der Waals surface area contributed by atoms with Crippen molar-refractivity contribution in [2.24, 2.45) is 5.92 Å². The van der Waals surface area contributed by atoms with Crippen LogP contribution in [-0.2, 0) is 6.42 Å². The summed E-state index contributed by atoms with van der Waals surface area (Å²) in [5, 5.41) is 3.48. The molecule has 1 aliphatic carbocycles. The van der Waals surface area contributed by atoms with E-state index in [9.17, 15) is 0 Å². The number of hydrogen-bond donors (Lipinski definition) is 1. The van der Waals surface area contributed by atoms with E-state index >= 15 is 0 Å². The van der Waals surface area contributed by atoms with Crippen molar-refractivity contribution in [2.45, 2.75) is 51.0 Å². The van der Waals surface area contributed by atoms with Gasteiger partial charge in [0.05, 0.1) is 0 Å². The van der Waals surface area contributed by atoms with Crippen LogP contribution in [0.3, 0.4) is 0 Å². The van der Waals surface area contributed by atoms with Gasteiger partial charge in [-0.3, -0.25) is 4.98 Å². The Morgan fingerprint density at radius 3 is 2.88 bits per heavy atom. The molecule has 0 radical (unpaired) electrons. The number of pyridine rings is 1. The number of rotatable bonds is 6. The van der Waals surface area contributed by atoms with Crippen molar-refractivity contribution in [1.82, 2.24) is 10.3 Å². The van der Waals surface area contributed by atoms with E-state index in [4.69, 9.17) is 0 Å². The molecule has 0 spiro atoms. The third-order valence-electron chi connectivity index (χ3n) is 4.01. The maximum atomic E-state index is 4.17. The van der Waals surface area contributed by atoms with E-state index in [1.54, 1.807) is 0 Å². The molecular formula is C15H24N2. The molecule has 2 nitrogen and oxygen atoms in total. The van der Waals surface area contributed by atoms with Gasteiger partial charge in [0.25, 0.3) is 0 Å². The molecular weight excluding hydrogens is 208 g/mol. The van der Waals surface area contributed by atoms with Gasteiger partial charge in [0.15, 0.2) is 0 Å².